The molecule has 1 atom stereocenters. The van der Waals surface area contributed by atoms with Gasteiger partial charge < -0.3 is 9.47 Å². The summed E-state index contributed by atoms with van der Waals surface area (Å²) in [4.78, 5) is 10.6. The monoisotopic (exact) mass is 551 g/mol. The van der Waals surface area contributed by atoms with E-state index in [9.17, 15) is 31.5 Å². The fourth-order valence-electron chi connectivity index (χ4n) is 3.48. The van der Waals surface area contributed by atoms with Gasteiger partial charge in [0.1, 0.15) is 13.2 Å². The summed E-state index contributed by atoms with van der Waals surface area (Å²) in [5.74, 6) is 0.0671. The van der Waals surface area contributed by atoms with E-state index in [0.717, 1.165) is 0 Å². The molecule has 0 fully saturated rings. The van der Waals surface area contributed by atoms with Gasteiger partial charge in [-0.25, -0.2) is 0 Å². The van der Waals surface area contributed by atoms with Crippen LogP contribution in [0.1, 0.15) is 16.7 Å². The highest BCUT2D eigenvalue weighted by Gasteiger charge is 2.28. The molecule has 0 radical (unpaired) electrons. The quantitative estimate of drug-likeness (QED) is 0.0880. The maximum Gasteiger partial charge on any atom is 0.358 e. The van der Waals surface area contributed by atoms with Crippen LogP contribution in [0.2, 0.25) is 0 Å². The summed E-state index contributed by atoms with van der Waals surface area (Å²) in [6, 6.07) is 16.4. The first kappa shape index (κ1) is 28.1. The summed E-state index contributed by atoms with van der Waals surface area (Å²) in [5.41, 5.74) is 1.17. The molecule has 0 heterocycles. The molecular formula is C24H25NO10S2. The molecule has 0 aliphatic carbocycles. The van der Waals surface area contributed by atoms with Gasteiger partial charge in [0.2, 0.25) is 0 Å². The first-order chi connectivity index (χ1) is 17.4. The third kappa shape index (κ3) is 7.49. The average molecular weight is 552 g/mol. The van der Waals surface area contributed by atoms with Crippen LogP contribution in [-0.2, 0) is 30.8 Å². The van der Waals surface area contributed by atoms with Crippen molar-refractivity contribution in [1.82, 2.24) is 0 Å². The number of benzene rings is 3. The van der Waals surface area contributed by atoms with Crippen molar-refractivity contribution in [3.63, 3.8) is 0 Å². The smallest absolute Gasteiger partial charge is 0.358 e. The molecule has 0 aromatic heterocycles. The summed E-state index contributed by atoms with van der Waals surface area (Å²) in [5, 5.41) is 11.7. The van der Waals surface area contributed by atoms with Gasteiger partial charge in [0, 0.05) is 0 Å². The molecule has 13 heteroatoms. The Kier molecular flexibility index (Phi) is 8.86. The van der Waals surface area contributed by atoms with Gasteiger partial charge in [-0.05, 0) is 49.2 Å². The van der Waals surface area contributed by atoms with E-state index in [1.54, 1.807) is 44.2 Å². The van der Waals surface area contributed by atoms with E-state index >= 15 is 0 Å². The van der Waals surface area contributed by atoms with E-state index in [0.29, 0.717) is 11.1 Å². The molecule has 1 unspecified atom stereocenters. The molecule has 3 aromatic carbocycles. The summed E-state index contributed by atoms with van der Waals surface area (Å²) in [6.45, 7) is 2.77. The van der Waals surface area contributed by atoms with Crippen LogP contribution in [0.4, 0.5) is 0 Å². The Morgan fingerprint density at radius 1 is 0.892 bits per heavy atom. The molecule has 37 heavy (non-hydrogen) atoms. The molecule has 3 rings (SSSR count). The second kappa shape index (κ2) is 11.7. The van der Waals surface area contributed by atoms with E-state index in [1.807, 2.05) is 0 Å². The van der Waals surface area contributed by atoms with Gasteiger partial charge in [-0.2, -0.15) is 16.8 Å². The fraction of sp³-hybridized carbons (Fsp3) is 0.250. The lowest BCUT2D eigenvalue weighted by molar-refractivity contribution is -0.562. The lowest BCUT2D eigenvalue weighted by atomic mass is 10.1. The number of ether oxygens (including phenoxy) is 2. The number of nitrogens with zero attached hydrogens (tertiary/aromatic N) is 1. The highest BCUT2D eigenvalue weighted by atomic mass is 32.2. The Morgan fingerprint density at radius 3 is 2.19 bits per heavy atom. The van der Waals surface area contributed by atoms with Crippen molar-refractivity contribution in [3.05, 3.63) is 93.5 Å². The first-order valence-electron chi connectivity index (χ1n) is 10.9. The Balaban J connectivity index is 1.71. The third-order valence-electron chi connectivity index (χ3n) is 5.18. The predicted octanol–water partition coefficient (Wildman–Crippen LogP) is 3.56. The fourth-order valence-corrected chi connectivity index (χ4v) is 5.31. The van der Waals surface area contributed by atoms with E-state index in [1.165, 1.54) is 36.4 Å². The zero-order valence-corrected chi connectivity index (χ0v) is 21.6. The van der Waals surface area contributed by atoms with Gasteiger partial charge in [-0.1, -0.05) is 48.0 Å². The highest BCUT2D eigenvalue weighted by molar-refractivity contribution is 7.86. The van der Waals surface area contributed by atoms with Crippen molar-refractivity contribution in [2.45, 2.75) is 36.3 Å². The van der Waals surface area contributed by atoms with E-state index in [4.69, 9.17) is 13.7 Å². The summed E-state index contributed by atoms with van der Waals surface area (Å²) >= 11 is 0. The molecule has 3 aromatic rings. The highest BCUT2D eigenvalue weighted by Crippen LogP contribution is 2.29. The number of para-hydroxylation sites is 2. The molecule has 0 saturated carbocycles. The number of nitro groups is 1. The van der Waals surface area contributed by atoms with Gasteiger partial charge in [0.25, 0.3) is 20.2 Å². The summed E-state index contributed by atoms with van der Waals surface area (Å²) < 4.78 is 73.9. The minimum Gasteiger partial charge on any atom is -0.487 e. The normalized spacial score (nSPS) is 12.6. The van der Waals surface area contributed by atoms with Crippen LogP contribution in [-0.4, -0.2) is 45.8 Å². The molecule has 0 spiro atoms. The number of hydrogen-bond donors (Lipinski definition) is 1. The third-order valence-corrected chi connectivity index (χ3v) is 7.61. The van der Waals surface area contributed by atoms with Crippen LogP contribution in [0.3, 0.4) is 0 Å². The van der Waals surface area contributed by atoms with Crippen LogP contribution < -0.4 is 9.47 Å². The molecule has 0 aliphatic heterocycles. The van der Waals surface area contributed by atoms with Crippen molar-refractivity contribution in [3.8, 4) is 11.5 Å². The van der Waals surface area contributed by atoms with Gasteiger partial charge in [0.15, 0.2) is 11.5 Å². The largest absolute Gasteiger partial charge is 0.487 e. The zero-order chi connectivity index (χ0) is 27.2. The molecule has 0 saturated heterocycles. The number of aryl methyl sites for hydroxylation is 2. The second-order valence-electron chi connectivity index (χ2n) is 7.99. The topological polar surface area (TPSA) is 159 Å². The van der Waals surface area contributed by atoms with Gasteiger partial charge >= 0.3 is 6.23 Å². The standard InChI is InChI=1S/C24H25NO10S2/c1-17-11-12-23(36(28,29)30)19(15-17)16-24(25(26)27)35-21-9-5-4-8-20(21)33-13-14-34-37(31,32)22-10-6-3-7-18(22)2/h3-12,15,24H,13-14,16H2,1-2H3,(H,28,29,30). The number of rotatable bonds is 12. The van der Waals surface area contributed by atoms with E-state index < -0.39 is 42.7 Å². The Labute approximate surface area is 214 Å². The Morgan fingerprint density at radius 2 is 1.54 bits per heavy atom. The van der Waals surface area contributed by atoms with Crippen LogP contribution >= 0.6 is 0 Å². The molecule has 11 nitrogen and oxygen atoms in total. The van der Waals surface area contributed by atoms with Gasteiger partial charge in [0.05, 0.1) is 21.1 Å². The van der Waals surface area contributed by atoms with Crippen molar-refractivity contribution in [1.29, 1.82) is 0 Å². The molecule has 0 amide bonds. The van der Waals surface area contributed by atoms with Gasteiger partial charge in [-0.15, -0.1) is 0 Å². The first-order valence-corrected chi connectivity index (χ1v) is 13.8. The minimum atomic E-state index is -4.62. The van der Waals surface area contributed by atoms with E-state index in [2.05, 4.69) is 0 Å². The Bertz CT molecular complexity index is 1490. The summed E-state index contributed by atoms with van der Waals surface area (Å²) in [6.07, 6.45) is -2.18. The van der Waals surface area contributed by atoms with Gasteiger partial charge in [-0.3, -0.25) is 18.9 Å². The van der Waals surface area contributed by atoms with Crippen LogP contribution in [0.5, 0.6) is 11.5 Å². The maximum atomic E-state index is 12.4. The summed E-state index contributed by atoms with van der Waals surface area (Å²) in [7, 11) is -8.63. The van der Waals surface area contributed by atoms with E-state index in [-0.39, 0.29) is 35.2 Å². The Hall–Kier alpha value is -3.52. The SMILES string of the molecule is Cc1ccc(S(=O)(=O)O)c(CC(Oc2ccccc2OCCOS(=O)(=O)c2ccccc2C)[N+](=O)[O-])c1. The van der Waals surface area contributed by atoms with Crippen molar-refractivity contribution >= 4 is 20.2 Å². The lowest BCUT2D eigenvalue weighted by Crippen LogP contribution is -2.29. The second-order valence-corrected chi connectivity index (χ2v) is 11.0. The van der Waals surface area contributed by atoms with Crippen LogP contribution in [0.25, 0.3) is 0 Å². The predicted molar refractivity (Wildman–Crippen MR) is 132 cm³/mol. The van der Waals surface area contributed by atoms with Crippen molar-refractivity contribution < 1.29 is 40.0 Å². The molecular weight excluding hydrogens is 526 g/mol. The average Bonchev–Trinajstić information content (AvgIpc) is 2.81. The molecule has 0 aliphatic rings. The van der Waals surface area contributed by atoms with Crippen molar-refractivity contribution in [2.24, 2.45) is 0 Å². The van der Waals surface area contributed by atoms with Crippen molar-refractivity contribution in [2.75, 3.05) is 13.2 Å². The zero-order valence-electron chi connectivity index (χ0n) is 19.9. The number of hydrogen-bond acceptors (Lipinski definition) is 9. The molecule has 1 N–H and O–H groups in total. The molecule has 198 valence electrons. The van der Waals surface area contributed by atoms with Crippen LogP contribution in [0, 0.1) is 24.0 Å². The lowest BCUT2D eigenvalue weighted by Gasteiger charge is -2.17. The minimum absolute atomic E-state index is 0.0115. The maximum absolute atomic E-state index is 12.4. The molecule has 0 bridgehead atoms. The van der Waals surface area contributed by atoms with Crippen LogP contribution in [0.15, 0.2) is 76.5 Å².